The van der Waals surface area contributed by atoms with Crippen molar-refractivity contribution in [2.24, 2.45) is 0 Å². The fraction of sp³-hybridized carbons (Fsp3) is 0.500. The first kappa shape index (κ1) is 15.4. The second kappa shape index (κ2) is 8.48. The van der Waals surface area contributed by atoms with Crippen molar-refractivity contribution in [3.8, 4) is 0 Å². The van der Waals surface area contributed by atoms with E-state index >= 15 is 0 Å². The Hall–Kier alpha value is -0.620. The van der Waals surface area contributed by atoms with Crippen LogP contribution in [0.2, 0.25) is 0 Å². The van der Waals surface area contributed by atoms with Gasteiger partial charge in [-0.05, 0) is 67.5 Å². The van der Waals surface area contributed by atoms with Gasteiger partial charge in [0.2, 0.25) is 0 Å². The van der Waals surface area contributed by atoms with Crippen LogP contribution in [0.3, 0.4) is 0 Å². The summed E-state index contributed by atoms with van der Waals surface area (Å²) >= 11 is 2.20. The Labute approximate surface area is 122 Å². The van der Waals surface area contributed by atoms with Gasteiger partial charge in [0.25, 0.3) is 5.91 Å². The molecule has 0 bridgehead atoms. The quantitative estimate of drug-likeness (QED) is 0.598. The summed E-state index contributed by atoms with van der Waals surface area (Å²) in [7, 11) is 0. The molecule has 100 valence electrons. The van der Waals surface area contributed by atoms with Crippen LogP contribution in [0.4, 0.5) is 0 Å². The number of ether oxygens (including phenoxy) is 1. The van der Waals surface area contributed by atoms with Crippen molar-refractivity contribution in [1.82, 2.24) is 5.32 Å². The second-order valence-electron chi connectivity index (χ2n) is 4.39. The maximum Gasteiger partial charge on any atom is 0.251 e. The third-order valence-electron chi connectivity index (χ3n) is 2.39. The minimum atomic E-state index is -0.00158. The lowest BCUT2D eigenvalue weighted by Crippen LogP contribution is -2.24. The zero-order chi connectivity index (χ0) is 13.4. The summed E-state index contributed by atoms with van der Waals surface area (Å²) in [6.45, 7) is 5.51. The topological polar surface area (TPSA) is 38.3 Å². The van der Waals surface area contributed by atoms with Gasteiger partial charge in [-0.2, -0.15) is 0 Å². The summed E-state index contributed by atoms with van der Waals surface area (Å²) < 4.78 is 6.51. The maximum absolute atomic E-state index is 11.8. The Morgan fingerprint density at radius 1 is 1.39 bits per heavy atom. The Bertz CT molecular complexity index is 380. The van der Waals surface area contributed by atoms with E-state index in [1.165, 1.54) is 0 Å². The van der Waals surface area contributed by atoms with E-state index in [-0.39, 0.29) is 12.0 Å². The van der Waals surface area contributed by atoms with Crippen LogP contribution < -0.4 is 5.32 Å². The van der Waals surface area contributed by atoms with E-state index in [1.807, 2.05) is 38.1 Å². The SMILES string of the molecule is CC(C)OCCCCNC(=O)c1cccc(I)c1. The van der Waals surface area contributed by atoms with Crippen LogP contribution in [0.5, 0.6) is 0 Å². The molecule has 0 saturated carbocycles. The summed E-state index contributed by atoms with van der Waals surface area (Å²) in [5.74, 6) is -0.00158. The number of nitrogens with one attached hydrogen (secondary N) is 1. The molecule has 0 spiro atoms. The number of hydrogen-bond donors (Lipinski definition) is 1. The first-order chi connectivity index (χ1) is 8.59. The van der Waals surface area contributed by atoms with Crippen molar-refractivity contribution in [3.63, 3.8) is 0 Å². The smallest absolute Gasteiger partial charge is 0.251 e. The van der Waals surface area contributed by atoms with Gasteiger partial charge in [0.05, 0.1) is 6.10 Å². The third kappa shape index (κ3) is 6.35. The van der Waals surface area contributed by atoms with Crippen LogP contribution in [0.25, 0.3) is 0 Å². The first-order valence-electron chi connectivity index (χ1n) is 6.25. The van der Waals surface area contributed by atoms with E-state index in [2.05, 4.69) is 27.9 Å². The largest absolute Gasteiger partial charge is 0.379 e. The fourth-order valence-corrected chi connectivity index (χ4v) is 2.02. The Morgan fingerprint density at radius 2 is 2.17 bits per heavy atom. The minimum absolute atomic E-state index is 0.00158. The van der Waals surface area contributed by atoms with Crippen molar-refractivity contribution in [2.45, 2.75) is 32.8 Å². The number of amides is 1. The second-order valence-corrected chi connectivity index (χ2v) is 5.64. The number of benzene rings is 1. The number of unbranched alkanes of at least 4 members (excludes halogenated alkanes) is 1. The lowest BCUT2D eigenvalue weighted by Gasteiger charge is -2.08. The van der Waals surface area contributed by atoms with Crippen molar-refractivity contribution in [2.75, 3.05) is 13.2 Å². The minimum Gasteiger partial charge on any atom is -0.379 e. The molecule has 1 rings (SSSR count). The van der Waals surface area contributed by atoms with Crippen LogP contribution in [-0.2, 0) is 4.74 Å². The number of carbonyl (C=O) groups is 1. The molecule has 0 aliphatic heterocycles. The van der Waals surface area contributed by atoms with Gasteiger partial charge in [-0.1, -0.05) is 6.07 Å². The number of rotatable bonds is 7. The molecule has 0 saturated heterocycles. The molecule has 1 N–H and O–H groups in total. The summed E-state index contributed by atoms with van der Waals surface area (Å²) in [4.78, 5) is 11.8. The van der Waals surface area contributed by atoms with Gasteiger partial charge in [-0.25, -0.2) is 0 Å². The van der Waals surface area contributed by atoms with Gasteiger partial charge in [0.15, 0.2) is 0 Å². The van der Waals surface area contributed by atoms with Crippen LogP contribution in [0.1, 0.15) is 37.0 Å². The standard InChI is InChI=1S/C14H20INO2/c1-11(2)18-9-4-3-8-16-14(17)12-6-5-7-13(15)10-12/h5-7,10-11H,3-4,8-9H2,1-2H3,(H,16,17). The van der Waals surface area contributed by atoms with Gasteiger partial charge in [0.1, 0.15) is 0 Å². The molecule has 18 heavy (non-hydrogen) atoms. The average Bonchev–Trinajstić information content (AvgIpc) is 2.33. The Morgan fingerprint density at radius 3 is 2.83 bits per heavy atom. The van der Waals surface area contributed by atoms with Gasteiger partial charge in [-0.15, -0.1) is 0 Å². The van der Waals surface area contributed by atoms with E-state index in [0.717, 1.165) is 28.6 Å². The molecule has 0 radical (unpaired) electrons. The van der Waals surface area contributed by atoms with Gasteiger partial charge >= 0.3 is 0 Å². The molecule has 0 aliphatic carbocycles. The number of halogens is 1. The third-order valence-corrected chi connectivity index (χ3v) is 3.07. The van der Waals surface area contributed by atoms with Crippen LogP contribution in [-0.4, -0.2) is 25.2 Å². The lowest BCUT2D eigenvalue weighted by atomic mass is 10.2. The highest BCUT2D eigenvalue weighted by Crippen LogP contribution is 2.07. The van der Waals surface area contributed by atoms with Crippen LogP contribution in [0.15, 0.2) is 24.3 Å². The molecular weight excluding hydrogens is 341 g/mol. The van der Waals surface area contributed by atoms with Crippen molar-refractivity contribution in [3.05, 3.63) is 33.4 Å². The summed E-state index contributed by atoms with van der Waals surface area (Å²) in [5.41, 5.74) is 0.723. The van der Waals surface area contributed by atoms with E-state index in [4.69, 9.17) is 4.74 Å². The highest BCUT2D eigenvalue weighted by molar-refractivity contribution is 14.1. The molecule has 0 unspecified atom stereocenters. The number of hydrogen-bond acceptors (Lipinski definition) is 2. The molecule has 0 aromatic heterocycles. The van der Waals surface area contributed by atoms with Gasteiger partial charge in [-0.3, -0.25) is 4.79 Å². The molecule has 3 nitrogen and oxygen atoms in total. The lowest BCUT2D eigenvalue weighted by molar-refractivity contribution is 0.0754. The molecular formula is C14H20INO2. The predicted octanol–water partition coefficient (Wildman–Crippen LogP) is 3.23. The van der Waals surface area contributed by atoms with E-state index in [1.54, 1.807) is 0 Å². The van der Waals surface area contributed by atoms with Crippen molar-refractivity contribution >= 4 is 28.5 Å². The maximum atomic E-state index is 11.8. The average molecular weight is 361 g/mol. The molecule has 4 heteroatoms. The van der Waals surface area contributed by atoms with Gasteiger partial charge < -0.3 is 10.1 Å². The first-order valence-corrected chi connectivity index (χ1v) is 7.33. The summed E-state index contributed by atoms with van der Waals surface area (Å²) in [6.07, 6.45) is 2.21. The fourth-order valence-electron chi connectivity index (χ4n) is 1.48. The molecule has 0 aliphatic rings. The Kier molecular flexibility index (Phi) is 7.27. The Balaban J connectivity index is 2.18. The molecule has 0 fully saturated rings. The summed E-state index contributed by atoms with van der Waals surface area (Å²) in [6, 6.07) is 7.59. The molecule has 1 aromatic rings. The monoisotopic (exact) mass is 361 g/mol. The van der Waals surface area contributed by atoms with Crippen molar-refractivity contribution in [1.29, 1.82) is 0 Å². The molecule has 1 aromatic carbocycles. The van der Waals surface area contributed by atoms with E-state index in [9.17, 15) is 4.79 Å². The van der Waals surface area contributed by atoms with E-state index in [0.29, 0.717) is 6.54 Å². The molecule has 0 heterocycles. The molecule has 1 amide bonds. The zero-order valence-corrected chi connectivity index (χ0v) is 13.1. The highest BCUT2D eigenvalue weighted by atomic mass is 127. The van der Waals surface area contributed by atoms with Crippen LogP contribution >= 0.6 is 22.6 Å². The van der Waals surface area contributed by atoms with E-state index < -0.39 is 0 Å². The van der Waals surface area contributed by atoms with Crippen LogP contribution in [0, 0.1) is 3.57 Å². The van der Waals surface area contributed by atoms with Gasteiger partial charge in [0, 0.05) is 22.3 Å². The molecule has 0 atom stereocenters. The summed E-state index contributed by atoms with van der Waals surface area (Å²) in [5, 5.41) is 2.92. The number of carbonyl (C=O) groups excluding carboxylic acids is 1. The normalized spacial score (nSPS) is 10.7. The zero-order valence-electron chi connectivity index (χ0n) is 10.9. The highest BCUT2D eigenvalue weighted by Gasteiger charge is 2.04. The predicted molar refractivity (Wildman–Crippen MR) is 81.8 cm³/mol. The van der Waals surface area contributed by atoms with Crippen molar-refractivity contribution < 1.29 is 9.53 Å².